The van der Waals surface area contributed by atoms with Crippen molar-refractivity contribution >= 4 is 5.82 Å². The average molecular weight is 309 g/mol. The van der Waals surface area contributed by atoms with Crippen LogP contribution in [0.25, 0.3) is 11.3 Å². The smallest absolute Gasteiger partial charge is 0.156 e. The van der Waals surface area contributed by atoms with Crippen molar-refractivity contribution in [2.45, 2.75) is 26.8 Å². The van der Waals surface area contributed by atoms with Gasteiger partial charge in [-0.1, -0.05) is 12.1 Å². The molecule has 3 rings (SSSR count). The Morgan fingerprint density at radius 1 is 1.22 bits per heavy atom. The summed E-state index contributed by atoms with van der Waals surface area (Å²) in [7, 11) is 1.98. The number of nitrogens with zero attached hydrogens (tertiary/aromatic N) is 5. The zero-order valence-corrected chi connectivity index (χ0v) is 13.5. The third-order valence-electron chi connectivity index (χ3n) is 3.50. The lowest BCUT2D eigenvalue weighted by Gasteiger charge is -2.17. The molecule has 6 nitrogen and oxygen atoms in total. The van der Waals surface area contributed by atoms with Crippen LogP contribution in [0, 0.1) is 6.92 Å². The fraction of sp³-hybridized carbons (Fsp3) is 0.294. The lowest BCUT2D eigenvalue weighted by atomic mass is 10.2. The second kappa shape index (κ2) is 6.56. The fourth-order valence-electron chi connectivity index (χ4n) is 2.32. The van der Waals surface area contributed by atoms with E-state index >= 15 is 0 Å². The molecular formula is C17H19N5O. The highest BCUT2D eigenvalue weighted by molar-refractivity contribution is 5.57. The van der Waals surface area contributed by atoms with E-state index in [0.717, 1.165) is 40.8 Å². The Bertz CT molecular complexity index is 785. The summed E-state index contributed by atoms with van der Waals surface area (Å²) in [4.78, 5) is 15.1. The van der Waals surface area contributed by atoms with Gasteiger partial charge in [0, 0.05) is 49.3 Å². The highest BCUT2D eigenvalue weighted by atomic mass is 16.5. The van der Waals surface area contributed by atoms with Gasteiger partial charge in [-0.25, -0.2) is 9.97 Å². The Labute approximate surface area is 135 Å². The molecule has 6 heteroatoms. The fourth-order valence-corrected chi connectivity index (χ4v) is 2.32. The van der Waals surface area contributed by atoms with Crippen molar-refractivity contribution in [3.63, 3.8) is 0 Å². The molecule has 3 aromatic rings. The van der Waals surface area contributed by atoms with Gasteiger partial charge in [-0.15, -0.1) is 0 Å². The molecule has 0 atom stereocenters. The molecule has 118 valence electrons. The summed E-state index contributed by atoms with van der Waals surface area (Å²) in [6, 6.07) is 7.74. The average Bonchev–Trinajstić information content (AvgIpc) is 3.03. The Balaban J connectivity index is 1.77. The zero-order chi connectivity index (χ0) is 16.2. The third kappa shape index (κ3) is 3.53. The van der Waals surface area contributed by atoms with Gasteiger partial charge in [-0.2, -0.15) is 0 Å². The molecule has 0 radical (unpaired) electrons. The highest BCUT2D eigenvalue weighted by Crippen LogP contribution is 2.20. The zero-order valence-electron chi connectivity index (χ0n) is 13.5. The van der Waals surface area contributed by atoms with E-state index in [1.807, 2.05) is 43.1 Å². The Morgan fingerprint density at radius 3 is 2.83 bits per heavy atom. The number of anilines is 1. The van der Waals surface area contributed by atoms with Crippen molar-refractivity contribution in [3.05, 3.63) is 53.9 Å². The van der Waals surface area contributed by atoms with Crippen molar-refractivity contribution in [2.24, 2.45) is 0 Å². The molecule has 3 heterocycles. The summed E-state index contributed by atoms with van der Waals surface area (Å²) in [5.74, 6) is 2.51. The number of rotatable bonds is 5. The van der Waals surface area contributed by atoms with Crippen LogP contribution >= 0.6 is 0 Å². The standard InChI is InChI=1S/C17H19N5O/c1-4-16-19-12(2)8-17(20-16)22(3)11-14-9-15(21-23-14)13-6-5-7-18-10-13/h5-10H,4,11H2,1-3H3. The van der Waals surface area contributed by atoms with Gasteiger partial charge in [-0.05, 0) is 19.1 Å². The molecule has 3 aromatic heterocycles. The van der Waals surface area contributed by atoms with Crippen LogP contribution in [-0.4, -0.2) is 27.2 Å². The molecule has 0 fully saturated rings. The minimum absolute atomic E-state index is 0.590. The normalized spacial score (nSPS) is 10.7. The van der Waals surface area contributed by atoms with Crippen LogP contribution in [0.3, 0.4) is 0 Å². The Hall–Kier alpha value is -2.76. The topological polar surface area (TPSA) is 67.9 Å². The van der Waals surface area contributed by atoms with Crippen LogP contribution in [0.5, 0.6) is 0 Å². The second-order valence-corrected chi connectivity index (χ2v) is 5.41. The van der Waals surface area contributed by atoms with Crippen molar-refractivity contribution in [3.8, 4) is 11.3 Å². The van der Waals surface area contributed by atoms with Gasteiger partial charge in [0.2, 0.25) is 0 Å². The van der Waals surface area contributed by atoms with Crippen LogP contribution in [0.15, 0.2) is 41.2 Å². The van der Waals surface area contributed by atoms with E-state index in [4.69, 9.17) is 4.52 Å². The lowest BCUT2D eigenvalue weighted by Crippen LogP contribution is -2.18. The van der Waals surface area contributed by atoms with Crippen molar-refractivity contribution in [2.75, 3.05) is 11.9 Å². The third-order valence-corrected chi connectivity index (χ3v) is 3.50. The summed E-state index contributed by atoms with van der Waals surface area (Å²) in [6.45, 7) is 4.62. The van der Waals surface area contributed by atoms with Crippen LogP contribution in [0.1, 0.15) is 24.2 Å². The molecule has 0 spiro atoms. The van der Waals surface area contributed by atoms with Gasteiger partial charge in [0.05, 0.1) is 6.54 Å². The maximum atomic E-state index is 5.44. The van der Waals surface area contributed by atoms with E-state index in [2.05, 4.69) is 27.0 Å². The Kier molecular flexibility index (Phi) is 4.32. The largest absolute Gasteiger partial charge is 0.359 e. The van der Waals surface area contributed by atoms with E-state index in [9.17, 15) is 0 Å². The van der Waals surface area contributed by atoms with Gasteiger partial charge in [0.1, 0.15) is 17.3 Å². The monoisotopic (exact) mass is 309 g/mol. The molecule has 0 unspecified atom stereocenters. The first-order valence-electron chi connectivity index (χ1n) is 7.57. The summed E-state index contributed by atoms with van der Waals surface area (Å²) < 4.78 is 5.44. The molecule has 0 aliphatic heterocycles. The molecule has 0 saturated carbocycles. The number of aryl methyl sites for hydroxylation is 2. The number of hydrogen-bond acceptors (Lipinski definition) is 6. The molecule has 0 aliphatic carbocycles. The first-order valence-corrected chi connectivity index (χ1v) is 7.57. The van der Waals surface area contributed by atoms with Crippen LogP contribution in [0.4, 0.5) is 5.82 Å². The summed E-state index contributed by atoms with van der Waals surface area (Å²) >= 11 is 0. The lowest BCUT2D eigenvalue weighted by molar-refractivity contribution is 0.384. The van der Waals surface area contributed by atoms with Gasteiger partial charge in [0.25, 0.3) is 0 Å². The molecule has 23 heavy (non-hydrogen) atoms. The van der Waals surface area contributed by atoms with E-state index in [1.54, 1.807) is 12.4 Å². The van der Waals surface area contributed by atoms with Crippen molar-refractivity contribution < 1.29 is 4.52 Å². The first-order chi connectivity index (χ1) is 11.2. The van der Waals surface area contributed by atoms with Crippen LogP contribution in [-0.2, 0) is 13.0 Å². The summed E-state index contributed by atoms with van der Waals surface area (Å²) in [5.41, 5.74) is 2.69. The van der Waals surface area contributed by atoms with E-state index in [-0.39, 0.29) is 0 Å². The summed E-state index contributed by atoms with van der Waals surface area (Å²) in [5, 5.41) is 4.11. The molecule has 0 N–H and O–H groups in total. The van der Waals surface area contributed by atoms with E-state index in [1.165, 1.54) is 0 Å². The quantitative estimate of drug-likeness (QED) is 0.721. The van der Waals surface area contributed by atoms with Gasteiger partial charge < -0.3 is 9.42 Å². The Morgan fingerprint density at radius 2 is 2.09 bits per heavy atom. The van der Waals surface area contributed by atoms with Crippen LogP contribution < -0.4 is 4.90 Å². The summed E-state index contributed by atoms with van der Waals surface area (Å²) in [6.07, 6.45) is 4.32. The van der Waals surface area contributed by atoms with Crippen molar-refractivity contribution in [1.82, 2.24) is 20.1 Å². The highest BCUT2D eigenvalue weighted by Gasteiger charge is 2.11. The number of pyridine rings is 1. The minimum Gasteiger partial charge on any atom is -0.359 e. The SMILES string of the molecule is CCc1nc(C)cc(N(C)Cc2cc(-c3cccnc3)no2)n1. The van der Waals surface area contributed by atoms with Crippen LogP contribution in [0.2, 0.25) is 0 Å². The number of hydrogen-bond donors (Lipinski definition) is 0. The first kappa shape index (κ1) is 15.1. The molecule has 0 saturated heterocycles. The van der Waals surface area contributed by atoms with Gasteiger partial charge in [-0.3, -0.25) is 4.98 Å². The maximum Gasteiger partial charge on any atom is 0.156 e. The molecule has 0 aliphatic rings. The molecule has 0 bridgehead atoms. The maximum absolute atomic E-state index is 5.44. The van der Waals surface area contributed by atoms with E-state index in [0.29, 0.717) is 6.54 Å². The number of aromatic nitrogens is 4. The van der Waals surface area contributed by atoms with Gasteiger partial charge >= 0.3 is 0 Å². The molecule has 0 aromatic carbocycles. The minimum atomic E-state index is 0.590. The predicted octanol–water partition coefficient (Wildman–Crippen LogP) is 3.03. The van der Waals surface area contributed by atoms with Gasteiger partial charge in [0.15, 0.2) is 5.76 Å². The van der Waals surface area contributed by atoms with Crippen molar-refractivity contribution in [1.29, 1.82) is 0 Å². The van der Waals surface area contributed by atoms with E-state index < -0.39 is 0 Å². The molecule has 0 amide bonds. The second-order valence-electron chi connectivity index (χ2n) is 5.41. The molecular weight excluding hydrogens is 290 g/mol. The predicted molar refractivity (Wildman–Crippen MR) is 88.0 cm³/mol.